The van der Waals surface area contributed by atoms with Crippen LogP contribution in [0.2, 0.25) is 0 Å². The predicted molar refractivity (Wildman–Crippen MR) is 103 cm³/mol. The molecule has 0 aromatic heterocycles. The number of hydrogen-bond donors (Lipinski definition) is 1. The van der Waals surface area contributed by atoms with Crippen molar-refractivity contribution >= 4 is 23.3 Å². The first-order valence-electron chi connectivity index (χ1n) is 9.19. The predicted octanol–water partition coefficient (Wildman–Crippen LogP) is 3.66. The Morgan fingerprint density at radius 3 is 2.48 bits per heavy atom. The van der Waals surface area contributed by atoms with Crippen LogP contribution in [0.15, 0.2) is 42.5 Å². The number of fused-ring (bicyclic) bond motifs is 1. The average Bonchev–Trinajstić information content (AvgIpc) is 2.98. The van der Waals surface area contributed by atoms with E-state index in [0.717, 1.165) is 23.2 Å². The molecular weight excluding hydrogens is 342 g/mol. The zero-order chi connectivity index (χ0) is 19.4. The van der Waals surface area contributed by atoms with Gasteiger partial charge in [-0.05, 0) is 54.7 Å². The molecule has 5 nitrogen and oxygen atoms in total. The minimum atomic E-state index is -0.394. The Kier molecular flexibility index (Phi) is 5.69. The molecule has 1 heterocycles. The summed E-state index contributed by atoms with van der Waals surface area (Å²) in [6.45, 7) is 3.60. The van der Waals surface area contributed by atoms with Crippen LogP contribution in [0.3, 0.4) is 0 Å². The summed E-state index contributed by atoms with van der Waals surface area (Å²) in [5.41, 5.74) is 4.30. The van der Waals surface area contributed by atoms with Crippen molar-refractivity contribution in [2.24, 2.45) is 0 Å². The summed E-state index contributed by atoms with van der Waals surface area (Å²) in [5.74, 6) is -1.03. The van der Waals surface area contributed by atoms with E-state index in [1.54, 1.807) is 25.1 Å². The lowest BCUT2D eigenvalue weighted by Crippen LogP contribution is -2.14. The van der Waals surface area contributed by atoms with Crippen LogP contribution in [0.25, 0.3) is 0 Å². The van der Waals surface area contributed by atoms with E-state index in [-0.39, 0.29) is 30.6 Å². The van der Waals surface area contributed by atoms with Gasteiger partial charge >= 0.3 is 5.97 Å². The zero-order valence-electron chi connectivity index (χ0n) is 15.6. The van der Waals surface area contributed by atoms with Crippen LogP contribution in [0, 0.1) is 0 Å². The highest BCUT2D eigenvalue weighted by molar-refractivity contribution is 6.05. The van der Waals surface area contributed by atoms with Crippen molar-refractivity contribution in [2.75, 3.05) is 11.9 Å². The number of hydrogen-bond acceptors (Lipinski definition) is 4. The Labute approximate surface area is 158 Å². The quantitative estimate of drug-likeness (QED) is 0.600. The van der Waals surface area contributed by atoms with Crippen LogP contribution >= 0.6 is 0 Å². The van der Waals surface area contributed by atoms with E-state index >= 15 is 0 Å². The molecule has 0 spiro atoms. The number of rotatable bonds is 7. The van der Waals surface area contributed by atoms with Crippen molar-refractivity contribution in [1.82, 2.24) is 0 Å². The van der Waals surface area contributed by atoms with Gasteiger partial charge in [0.15, 0.2) is 12.4 Å². The summed E-state index contributed by atoms with van der Waals surface area (Å²) in [7, 11) is 0. The van der Waals surface area contributed by atoms with Crippen molar-refractivity contribution in [3.05, 3.63) is 64.7 Å². The van der Waals surface area contributed by atoms with E-state index in [2.05, 4.69) is 24.4 Å². The number of esters is 1. The Morgan fingerprint density at radius 1 is 1.07 bits per heavy atom. The van der Waals surface area contributed by atoms with Gasteiger partial charge in [0.2, 0.25) is 5.91 Å². The smallest absolute Gasteiger partial charge is 0.306 e. The molecule has 1 aliphatic heterocycles. The molecule has 0 saturated carbocycles. The van der Waals surface area contributed by atoms with Gasteiger partial charge in [-0.3, -0.25) is 14.4 Å². The number of anilines is 1. The highest BCUT2D eigenvalue weighted by atomic mass is 16.5. The van der Waals surface area contributed by atoms with E-state index in [1.165, 1.54) is 5.56 Å². The highest BCUT2D eigenvalue weighted by Gasteiger charge is 2.27. The second-order valence-electron chi connectivity index (χ2n) is 6.77. The first-order chi connectivity index (χ1) is 13.0. The molecule has 27 heavy (non-hydrogen) atoms. The van der Waals surface area contributed by atoms with E-state index < -0.39 is 5.97 Å². The normalized spacial score (nSPS) is 15.2. The maximum Gasteiger partial charge on any atom is 0.306 e. The van der Waals surface area contributed by atoms with Gasteiger partial charge in [-0.1, -0.05) is 31.2 Å². The van der Waals surface area contributed by atoms with Crippen LogP contribution < -0.4 is 5.32 Å². The maximum absolute atomic E-state index is 12.3. The first kappa shape index (κ1) is 18.8. The van der Waals surface area contributed by atoms with Gasteiger partial charge in [-0.15, -0.1) is 0 Å². The van der Waals surface area contributed by atoms with Crippen LogP contribution in [-0.2, 0) is 27.2 Å². The second-order valence-corrected chi connectivity index (χ2v) is 6.77. The third-order valence-corrected chi connectivity index (χ3v) is 4.90. The molecule has 0 radical (unpaired) electrons. The molecule has 0 saturated heterocycles. The lowest BCUT2D eigenvalue weighted by molar-refractivity contribution is -0.142. The van der Waals surface area contributed by atoms with Gasteiger partial charge in [-0.25, -0.2) is 0 Å². The van der Waals surface area contributed by atoms with Crippen molar-refractivity contribution < 1.29 is 19.1 Å². The molecule has 1 atom stereocenters. The number of benzene rings is 2. The van der Waals surface area contributed by atoms with Crippen molar-refractivity contribution in [1.29, 1.82) is 0 Å². The SMILES string of the molecule is CCc1ccc(CCC(=O)OCC(=O)c2ccc3c(c2)[C@H](C)C(=O)N3)cc1. The van der Waals surface area contributed by atoms with Gasteiger partial charge in [-0.2, -0.15) is 0 Å². The number of Topliss-reactive ketones (excluding diaryl/α,β-unsaturated/α-hetero) is 1. The molecule has 0 bridgehead atoms. The number of carbonyl (C=O) groups is 3. The van der Waals surface area contributed by atoms with Crippen molar-refractivity contribution in [2.45, 2.75) is 39.0 Å². The standard InChI is InChI=1S/C22H23NO4/c1-3-15-4-6-16(7-5-15)8-11-21(25)27-13-20(24)17-9-10-19-18(12-17)14(2)22(26)23-19/h4-7,9-10,12,14H,3,8,11,13H2,1-2H3,(H,23,26)/t14-/m0/s1. The number of amides is 1. The number of nitrogens with one attached hydrogen (secondary N) is 1. The van der Waals surface area contributed by atoms with Crippen LogP contribution in [-0.4, -0.2) is 24.3 Å². The number of aryl methyl sites for hydroxylation is 2. The van der Waals surface area contributed by atoms with E-state index in [1.807, 2.05) is 12.1 Å². The Morgan fingerprint density at radius 2 is 1.78 bits per heavy atom. The molecule has 1 N–H and O–H groups in total. The minimum Gasteiger partial charge on any atom is -0.457 e. The topological polar surface area (TPSA) is 72.5 Å². The fraction of sp³-hybridized carbons (Fsp3) is 0.318. The summed E-state index contributed by atoms with van der Waals surface area (Å²) >= 11 is 0. The van der Waals surface area contributed by atoms with Crippen LogP contribution in [0.1, 0.15) is 53.2 Å². The van der Waals surface area contributed by atoms with E-state index in [9.17, 15) is 14.4 Å². The molecule has 2 aromatic rings. The van der Waals surface area contributed by atoms with Crippen molar-refractivity contribution in [3.8, 4) is 0 Å². The molecular formula is C22H23NO4. The molecule has 2 aromatic carbocycles. The van der Waals surface area contributed by atoms with Gasteiger partial charge < -0.3 is 10.1 Å². The summed E-state index contributed by atoms with van der Waals surface area (Å²) in [4.78, 5) is 35.9. The van der Waals surface area contributed by atoms with Gasteiger partial charge in [0.25, 0.3) is 0 Å². The monoisotopic (exact) mass is 365 g/mol. The Bertz CT molecular complexity index is 870. The minimum absolute atomic E-state index is 0.0759. The van der Waals surface area contributed by atoms with E-state index in [0.29, 0.717) is 12.0 Å². The molecule has 0 unspecified atom stereocenters. The molecule has 5 heteroatoms. The average molecular weight is 365 g/mol. The molecule has 0 aliphatic carbocycles. The van der Waals surface area contributed by atoms with Gasteiger partial charge in [0.1, 0.15) is 0 Å². The summed E-state index contributed by atoms with van der Waals surface area (Å²) in [5, 5.41) is 2.77. The molecule has 3 rings (SSSR count). The fourth-order valence-electron chi connectivity index (χ4n) is 3.08. The summed E-state index contributed by atoms with van der Waals surface area (Å²) in [6.07, 6.45) is 1.80. The summed E-state index contributed by atoms with van der Waals surface area (Å²) < 4.78 is 5.12. The lowest BCUT2D eigenvalue weighted by Gasteiger charge is -2.07. The second kappa shape index (κ2) is 8.16. The van der Waals surface area contributed by atoms with Crippen molar-refractivity contribution in [3.63, 3.8) is 0 Å². The third-order valence-electron chi connectivity index (χ3n) is 4.90. The Hall–Kier alpha value is -2.95. The van der Waals surface area contributed by atoms with E-state index in [4.69, 9.17) is 4.74 Å². The zero-order valence-corrected chi connectivity index (χ0v) is 15.6. The first-order valence-corrected chi connectivity index (χ1v) is 9.19. The summed E-state index contributed by atoms with van der Waals surface area (Å²) in [6, 6.07) is 13.2. The van der Waals surface area contributed by atoms with Gasteiger partial charge in [0, 0.05) is 17.7 Å². The third kappa shape index (κ3) is 4.42. The Balaban J connectivity index is 1.50. The maximum atomic E-state index is 12.3. The van der Waals surface area contributed by atoms with Gasteiger partial charge in [0.05, 0.1) is 5.92 Å². The lowest BCUT2D eigenvalue weighted by atomic mass is 9.99. The molecule has 1 aliphatic rings. The molecule has 0 fully saturated rings. The molecule has 1 amide bonds. The fourth-order valence-corrected chi connectivity index (χ4v) is 3.08. The number of carbonyl (C=O) groups excluding carboxylic acids is 3. The number of ether oxygens (including phenoxy) is 1. The van der Waals surface area contributed by atoms with Crippen LogP contribution in [0.4, 0.5) is 5.69 Å². The number of ketones is 1. The van der Waals surface area contributed by atoms with Crippen LogP contribution in [0.5, 0.6) is 0 Å². The largest absolute Gasteiger partial charge is 0.457 e. The molecule has 140 valence electrons. The highest BCUT2D eigenvalue weighted by Crippen LogP contribution is 2.32.